The summed E-state index contributed by atoms with van der Waals surface area (Å²) in [6.07, 6.45) is 5.82. The first-order valence-electron chi connectivity index (χ1n) is 21.6. The van der Waals surface area contributed by atoms with Crippen molar-refractivity contribution in [2.24, 2.45) is 0 Å². The molecule has 1 aliphatic carbocycles. The van der Waals surface area contributed by atoms with Gasteiger partial charge in [-0.05, 0) is 52.3 Å². The quantitative estimate of drug-likeness (QED) is 0.129. The molecule has 0 spiro atoms. The van der Waals surface area contributed by atoms with Crippen LogP contribution in [0.1, 0.15) is 43.2 Å². The smallest absolute Gasteiger partial charge is 0.171 e. The molecule has 0 aliphatic heterocycles. The van der Waals surface area contributed by atoms with Crippen LogP contribution in [-0.4, -0.2) is 15.0 Å². The third-order valence-electron chi connectivity index (χ3n) is 12.5. The lowest BCUT2D eigenvalue weighted by atomic mass is 9.65. The Kier molecular flexibility index (Phi) is 10.8. The highest BCUT2D eigenvalue weighted by molar-refractivity contribution is 7.85. The van der Waals surface area contributed by atoms with Crippen molar-refractivity contribution in [1.29, 1.82) is 0 Å². The Labute approximate surface area is 364 Å². The van der Waals surface area contributed by atoms with Gasteiger partial charge in [-0.25, -0.2) is 15.0 Å². The van der Waals surface area contributed by atoms with E-state index < -0.39 is 7.14 Å². The lowest BCUT2D eigenvalue weighted by molar-refractivity contribution is 0.346. The topological polar surface area (TPSA) is 55.7 Å². The maximum absolute atomic E-state index is 15.0. The van der Waals surface area contributed by atoms with Gasteiger partial charge in [0.2, 0.25) is 0 Å². The third-order valence-corrected chi connectivity index (χ3v) is 15.6. The van der Waals surface area contributed by atoms with Crippen molar-refractivity contribution < 1.29 is 4.57 Å². The van der Waals surface area contributed by atoms with Gasteiger partial charge >= 0.3 is 0 Å². The van der Waals surface area contributed by atoms with Crippen LogP contribution in [0.4, 0.5) is 0 Å². The normalized spacial score (nSPS) is 13.7. The third kappa shape index (κ3) is 7.64. The van der Waals surface area contributed by atoms with Crippen molar-refractivity contribution in [1.82, 2.24) is 15.0 Å². The minimum atomic E-state index is -3.04. The maximum atomic E-state index is 15.0. The molecule has 1 heterocycles. The van der Waals surface area contributed by atoms with E-state index in [1.807, 2.05) is 97.1 Å². The number of rotatable bonds is 10. The second-order valence-corrected chi connectivity index (χ2v) is 19.0. The lowest BCUT2D eigenvalue weighted by Gasteiger charge is -2.39. The van der Waals surface area contributed by atoms with E-state index in [0.717, 1.165) is 67.7 Å². The van der Waals surface area contributed by atoms with Gasteiger partial charge < -0.3 is 4.57 Å². The fraction of sp³-hybridized carbons (Fsp3) is 0.105. The molecule has 0 bridgehead atoms. The number of hydrogen-bond donors (Lipinski definition) is 0. The van der Waals surface area contributed by atoms with Crippen LogP contribution in [0.25, 0.3) is 56.4 Å². The summed E-state index contributed by atoms with van der Waals surface area (Å²) in [6, 6.07) is 75.2. The summed E-state index contributed by atoms with van der Waals surface area (Å²) >= 11 is 0. The van der Waals surface area contributed by atoms with E-state index in [1.165, 1.54) is 30.4 Å². The van der Waals surface area contributed by atoms with Crippen LogP contribution in [0, 0.1) is 0 Å². The summed E-state index contributed by atoms with van der Waals surface area (Å²) in [7, 11) is -3.04. The zero-order chi connectivity index (χ0) is 41.8. The molecule has 1 fully saturated rings. The molecular formula is C57H46N3OP. The van der Waals surface area contributed by atoms with Crippen LogP contribution in [0.5, 0.6) is 0 Å². The molecule has 0 N–H and O–H groups in total. The fourth-order valence-corrected chi connectivity index (χ4v) is 11.9. The van der Waals surface area contributed by atoms with E-state index in [4.69, 9.17) is 15.0 Å². The Morgan fingerprint density at radius 3 is 1.19 bits per heavy atom. The number of hydrogen-bond acceptors (Lipinski definition) is 4. The van der Waals surface area contributed by atoms with Gasteiger partial charge in [-0.2, -0.15) is 0 Å². The summed E-state index contributed by atoms with van der Waals surface area (Å²) in [6.45, 7) is 0. The van der Waals surface area contributed by atoms with Crippen LogP contribution in [0.2, 0.25) is 0 Å². The van der Waals surface area contributed by atoms with E-state index in [2.05, 4.69) is 121 Å². The highest BCUT2D eigenvalue weighted by Gasteiger charge is 2.36. The van der Waals surface area contributed by atoms with Gasteiger partial charge in [0.25, 0.3) is 0 Å². The van der Waals surface area contributed by atoms with Crippen LogP contribution >= 0.6 is 7.14 Å². The molecule has 10 rings (SSSR count). The minimum Gasteiger partial charge on any atom is -0.309 e. The molecule has 0 unspecified atom stereocenters. The molecule has 1 aliphatic rings. The van der Waals surface area contributed by atoms with E-state index in [-0.39, 0.29) is 5.41 Å². The van der Waals surface area contributed by atoms with E-state index in [1.54, 1.807) is 0 Å². The molecule has 9 aromatic rings. The van der Waals surface area contributed by atoms with Crippen LogP contribution in [0.3, 0.4) is 0 Å². The predicted octanol–water partition coefficient (Wildman–Crippen LogP) is 13.1. The predicted molar refractivity (Wildman–Crippen MR) is 257 cm³/mol. The lowest BCUT2D eigenvalue weighted by Crippen LogP contribution is -2.30. The molecule has 8 aromatic carbocycles. The number of aromatic nitrogens is 3. The number of nitrogens with zero attached hydrogens (tertiary/aromatic N) is 3. The van der Waals surface area contributed by atoms with Gasteiger partial charge in [0.05, 0.1) is 0 Å². The molecular weight excluding hydrogens is 774 g/mol. The summed E-state index contributed by atoms with van der Waals surface area (Å²) in [5.74, 6) is 1.96. The Morgan fingerprint density at radius 2 is 0.677 bits per heavy atom. The van der Waals surface area contributed by atoms with Crippen LogP contribution in [0.15, 0.2) is 218 Å². The van der Waals surface area contributed by atoms with Crippen molar-refractivity contribution in [2.75, 3.05) is 0 Å². The average Bonchev–Trinajstić information content (AvgIpc) is 3.37. The molecule has 5 heteroatoms. The second-order valence-electron chi connectivity index (χ2n) is 16.2. The SMILES string of the molecule is O=P(c1ccccc1)(c1ccccc1)c1ccc(-c2ccc(C3(c4ccc(-c5nc(-c6ccccc6)nc(-c6cccc(-c7ccccc7)c6)n5)cc4)CCCCC3)cc2)cc1. The van der Waals surface area contributed by atoms with Gasteiger partial charge in [0, 0.05) is 38.0 Å². The van der Waals surface area contributed by atoms with E-state index in [9.17, 15) is 4.57 Å². The maximum Gasteiger partial charge on any atom is 0.171 e. The highest BCUT2D eigenvalue weighted by Crippen LogP contribution is 2.46. The monoisotopic (exact) mass is 819 g/mol. The molecule has 0 saturated heterocycles. The second kappa shape index (κ2) is 17.2. The molecule has 0 amide bonds. The molecule has 0 atom stereocenters. The van der Waals surface area contributed by atoms with Crippen molar-refractivity contribution in [3.05, 3.63) is 230 Å². The summed E-state index contributed by atoms with van der Waals surface area (Å²) in [5.41, 5.74) is 9.96. The minimum absolute atomic E-state index is 0.0888. The molecule has 0 radical (unpaired) electrons. The average molecular weight is 820 g/mol. The zero-order valence-electron chi connectivity index (χ0n) is 34.5. The Bertz CT molecular complexity index is 2920. The summed E-state index contributed by atoms with van der Waals surface area (Å²) < 4.78 is 15.0. The molecule has 300 valence electrons. The summed E-state index contributed by atoms with van der Waals surface area (Å²) in [5, 5.41) is 2.52. The van der Waals surface area contributed by atoms with Crippen LogP contribution < -0.4 is 15.9 Å². The largest absolute Gasteiger partial charge is 0.309 e. The first-order chi connectivity index (χ1) is 30.6. The molecule has 4 nitrogen and oxygen atoms in total. The van der Waals surface area contributed by atoms with Crippen molar-refractivity contribution in [3.63, 3.8) is 0 Å². The highest BCUT2D eigenvalue weighted by atomic mass is 31.2. The molecule has 1 aromatic heterocycles. The Hall–Kier alpha value is -7.00. The Balaban J connectivity index is 0.960. The van der Waals surface area contributed by atoms with Gasteiger partial charge in [-0.1, -0.05) is 232 Å². The van der Waals surface area contributed by atoms with Gasteiger partial charge in [0.1, 0.15) is 0 Å². The molecule has 62 heavy (non-hydrogen) atoms. The number of benzene rings is 8. The standard InChI is InChI=1S/C57H46N3OP/c61-62(51-23-10-3-11-24-51,52-25-12-4-13-26-52)53-37-31-44(32-38-53)43-27-33-49(34-28-43)57(39-14-5-15-40-57)50-35-29-46(30-36-50)55-58-54(45-19-8-2-9-20-45)59-56(60-55)48-22-16-21-47(41-48)42-17-6-1-7-18-42/h1-4,6-13,16-38,41H,5,14-15,39-40H2. The first kappa shape index (κ1) is 39.2. The molecule has 1 saturated carbocycles. The fourth-order valence-electron chi connectivity index (χ4n) is 9.23. The summed E-state index contributed by atoms with van der Waals surface area (Å²) in [4.78, 5) is 15.2. The zero-order valence-corrected chi connectivity index (χ0v) is 35.4. The van der Waals surface area contributed by atoms with Crippen molar-refractivity contribution >= 4 is 23.1 Å². The Morgan fingerprint density at radius 1 is 0.323 bits per heavy atom. The van der Waals surface area contributed by atoms with Gasteiger partial charge in [-0.15, -0.1) is 0 Å². The van der Waals surface area contributed by atoms with Gasteiger partial charge in [-0.3, -0.25) is 0 Å². The van der Waals surface area contributed by atoms with Crippen molar-refractivity contribution in [3.8, 4) is 56.4 Å². The first-order valence-corrected chi connectivity index (χ1v) is 23.3. The van der Waals surface area contributed by atoms with E-state index >= 15 is 0 Å². The van der Waals surface area contributed by atoms with Crippen LogP contribution in [-0.2, 0) is 9.98 Å². The van der Waals surface area contributed by atoms with E-state index in [0.29, 0.717) is 17.5 Å². The van der Waals surface area contributed by atoms with Crippen molar-refractivity contribution in [2.45, 2.75) is 37.5 Å². The van der Waals surface area contributed by atoms with Gasteiger partial charge in [0.15, 0.2) is 24.6 Å².